The maximum atomic E-state index is 11.4. The Labute approximate surface area is 229 Å². The first kappa shape index (κ1) is 29.1. The second-order valence-electron chi connectivity index (χ2n) is 10.2. The molecule has 0 bridgehead atoms. The zero-order chi connectivity index (χ0) is 29.1. The van der Waals surface area contributed by atoms with Crippen molar-refractivity contribution in [1.82, 2.24) is 9.88 Å². The van der Waals surface area contributed by atoms with Gasteiger partial charge in [-0.05, 0) is 37.0 Å². The van der Waals surface area contributed by atoms with Crippen LogP contribution in [0.25, 0.3) is 0 Å². The number of aromatic nitrogens is 1. The topological polar surface area (TPSA) is 196 Å². The number of rotatable bonds is 9. The van der Waals surface area contributed by atoms with Gasteiger partial charge in [-0.25, -0.2) is 4.79 Å². The van der Waals surface area contributed by atoms with Gasteiger partial charge in [0.2, 0.25) is 6.79 Å². The van der Waals surface area contributed by atoms with Gasteiger partial charge in [-0.2, -0.15) is 0 Å². The van der Waals surface area contributed by atoms with Crippen molar-refractivity contribution in [3.05, 3.63) is 47.8 Å². The molecule has 3 atom stereocenters. The maximum Gasteiger partial charge on any atom is 0.336 e. The quantitative estimate of drug-likeness (QED) is 0.295. The van der Waals surface area contributed by atoms with Crippen LogP contribution in [0.1, 0.15) is 36.9 Å². The predicted octanol–water partition coefficient (Wildman–Crippen LogP) is 1.30. The Morgan fingerprint density at radius 2 is 1.77 bits per heavy atom. The van der Waals surface area contributed by atoms with Crippen molar-refractivity contribution in [2.24, 2.45) is 11.8 Å². The minimum atomic E-state index is -2.74. The van der Waals surface area contributed by atoms with Gasteiger partial charge in [0.25, 0.3) is 0 Å². The first-order chi connectivity index (χ1) is 18.9. The number of hydrogen-bond donors (Lipinski definition) is 5. The largest absolute Gasteiger partial charge is 0.496 e. The lowest BCUT2D eigenvalue weighted by Crippen LogP contribution is -2.42. The van der Waals surface area contributed by atoms with Crippen molar-refractivity contribution >= 4 is 17.9 Å². The molecule has 1 aliphatic carbocycles. The molecular formula is C27H32N2O11. The SMILES string of the molecule is COc1cc2c(cc1CN1C[C@@H]3CC[C@@](O)(c4ccccn4)[C@@H]3C1)OCO2.O=C(O)CC(O)(CC(=O)O)C(=O)O. The number of pyridine rings is 1. The van der Waals surface area contributed by atoms with E-state index >= 15 is 0 Å². The van der Waals surface area contributed by atoms with Crippen LogP contribution in [0.4, 0.5) is 0 Å². The number of fused-ring (bicyclic) bond motifs is 2. The molecule has 2 fully saturated rings. The molecule has 0 radical (unpaired) electrons. The minimum Gasteiger partial charge on any atom is -0.496 e. The molecule has 0 spiro atoms. The monoisotopic (exact) mass is 560 g/mol. The summed E-state index contributed by atoms with van der Waals surface area (Å²) in [5, 5.41) is 45.2. The van der Waals surface area contributed by atoms with Gasteiger partial charge in [0.1, 0.15) is 11.4 Å². The molecule has 1 aromatic carbocycles. The molecule has 1 aromatic heterocycles. The highest BCUT2D eigenvalue weighted by atomic mass is 16.7. The highest BCUT2D eigenvalue weighted by Gasteiger charge is 2.53. The number of carboxylic acid groups (broad SMARTS) is 3. The van der Waals surface area contributed by atoms with Gasteiger partial charge in [-0.1, -0.05) is 6.07 Å². The van der Waals surface area contributed by atoms with Crippen LogP contribution in [-0.4, -0.2) is 85.9 Å². The van der Waals surface area contributed by atoms with Crippen molar-refractivity contribution in [3.63, 3.8) is 0 Å². The number of methoxy groups -OCH3 is 1. The van der Waals surface area contributed by atoms with Crippen LogP contribution < -0.4 is 14.2 Å². The van der Waals surface area contributed by atoms with Crippen LogP contribution in [-0.2, 0) is 26.5 Å². The van der Waals surface area contributed by atoms with Crippen LogP contribution in [0, 0.1) is 11.8 Å². The molecule has 0 unspecified atom stereocenters. The second-order valence-corrected chi connectivity index (χ2v) is 10.2. The smallest absolute Gasteiger partial charge is 0.336 e. The summed E-state index contributed by atoms with van der Waals surface area (Å²) in [5.41, 5.74) is -1.67. The number of likely N-dealkylation sites (tertiary alicyclic amines) is 1. The summed E-state index contributed by atoms with van der Waals surface area (Å²) in [6.45, 7) is 2.87. The predicted molar refractivity (Wildman–Crippen MR) is 136 cm³/mol. The van der Waals surface area contributed by atoms with E-state index < -0.39 is 42.0 Å². The van der Waals surface area contributed by atoms with Crippen molar-refractivity contribution in [1.29, 1.82) is 0 Å². The summed E-state index contributed by atoms with van der Waals surface area (Å²) in [4.78, 5) is 37.3. The van der Waals surface area contributed by atoms with E-state index in [1.165, 1.54) is 0 Å². The number of benzene rings is 1. The van der Waals surface area contributed by atoms with Crippen molar-refractivity contribution in [3.8, 4) is 17.2 Å². The summed E-state index contributed by atoms with van der Waals surface area (Å²) in [6, 6.07) is 9.72. The van der Waals surface area contributed by atoms with Crippen LogP contribution in [0.3, 0.4) is 0 Å². The fourth-order valence-electron chi connectivity index (χ4n) is 5.68. The van der Waals surface area contributed by atoms with Gasteiger partial charge >= 0.3 is 17.9 Å². The lowest BCUT2D eigenvalue weighted by molar-refractivity contribution is -0.170. The lowest BCUT2D eigenvalue weighted by Gasteiger charge is -2.29. The van der Waals surface area contributed by atoms with Crippen molar-refractivity contribution in [2.45, 2.75) is 43.4 Å². The zero-order valence-corrected chi connectivity index (χ0v) is 21.9. The Morgan fingerprint density at radius 3 is 2.35 bits per heavy atom. The first-order valence-corrected chi connectivity index (χ1v) is 12.7. The Kier molecular flexibility index (Phi) is 8.47. The highest BCUT2D eigenvalue weighted by Crippen LogP contribution is 2.50. The van der Waals surface area contributed by atoms with Crippen LogP contribution in [0.2, 0.25) is 0 Å². The van der Waals surface area contributed by atoms with E-state index in [0.717, 1.165) is 61.0 Å². The molecule has 3 heterocycles. The van der Waals surface area contributed by atoms with Gasteiger partial charge < -0.3 is 39.7 Å². The molecule has 3 aliphatic rings. The number of nitrogens with zero attached hydrogens (tertiary/aromatic N) is 2. The van der Waals surface area contributed by atoms with Crippen LogP contribution in [0.15, 0.2) is 36.5 Å². The Balaban J connectivity index is 0.000000243. The number of aliphatic hydroxyl groups is 2. The third kappa shape index (κ3) is 6.11. The summed E-state index contributed by atoms with van der Waals surface area (Å²) in [5.74, 6) is -1.98. The average molecular weight is 561 g/mol. The highest BCUT2D eigenvalue weighted by molar-refractivity contribution is 5.88. The number of carboxylic acids is 3. The molecule has 13 nitrogen and oxygen atoms in total. The van der Waals surface area contributed by atoms with Crippen molar-refractivity contribution < 1.29 is 54.1 Å². The summed E-state index contributed by atoms with van der Waals surface area (Å²) in [7, 11) is 1.68. The lowest BCUT2D eigenvalue weighted by atomic mass is 9.85. The average Bonchev–Trinajstić information content (AvgIpc) is 3.60. The maximum absolute atomic E-state index is 11.4. The van der Waals surface area contributed by atoms with E-state index in [2.05, 4.69) is 9.88 Å². The van der Waals surface area contributed by atoms with E-state index in [1.54, 1.807) is 13.3 Å². The standard InChI is InChI=1S/C21H24N2O4.C6H8O7/c1-25-17-9-19-18(26-13-27-19)8-15(17)11-23-10-14-5-6-21(24,16(14)12-23)20-4-2-3-7-22-20;7-3(8)1-6(13,5(11)12)2-4(9)10/h2-4,7-9,14,16,24H,5-6,10-13H2,1H3;13H,1-2H2,(H,7,8)(H,9,10)(H,11,12)/t14-,16+,21-;/m0./s1. The minimum absolute atomic E-state index is 0.215. The molecule has 2 aromatic rings. The summed E-state index contributed by atoms with van der Waals surface area (Å²) in [6.07, 6.45) is 1.31. The molecular weight excluding hydrogens is 528 g/mol. The van der Waals surface area contributed by atoms with E-state index in [0.29, 0.717) is 5.92 Å². The molecule has 5 N–H and O–H groups in total. The van der Waals surface area contributed by atoms with Crippen LogP contribution >= 0.6 is 0 Å². The number of aliphatic carboxylic acids is 3. The Bertz CT molecular complexity index is 1240. The molecule has 2 aliphatic heterocycles. The fraction of sp³-hybridized carbons (Fsp3) is 0.481. The Morgan fingerprint density at radius 1 is 1.10 bits per heavy atom. The molecule has 40 heavy (non-hydrogen) atoms. The normalized spacial score (nSPS) is 23.2. The number of ether oxygens (including phenoxy) is 3. The third-order valence-electron chi connectivity index (χ3n) is 7.59. The molecule has 216 valence electrons. The van der Waals surface area contributed by atoms with Gasteiger partial charge in [-0.15, -0.1) is 0 Å². The fourth-order valence-corrected chi connectivity index (χ4v) is 5.68. The number of hydrogen-bond acceptors (Lipinski definition) is 10. The van der Waals surface area contributed by atoms with Gasteiger partial charge in [0.15, 0.2) is 17.1 Å². The first-order valence-electron chi connectivity index (χ1n) is 12.7. The third-order valence-corrected chi connectivity index (χ3v) is 7.59. The van der Waals surface area contributed by atoms with E-state index in [4.69, 9.17) is 34.6 Å². The molecule has 1 saturated heterocycles. The number of carbonyl (C=O) groups is 3. The van der Waals surface area contributed by atoms with E-state index in [1.807, 2.05) is 30.3 Å². The summed E-state index contributed by atoms with van der Waals surface area (Å²) < 4.78 is 16.5. The van der Waals surface area contributed by atoms with Gasteiger partial charge in [0.05, 0.1) is 25.6 Å². The molecule has 0 amide bonds. The van der Waals surface area contributed by atoms with Crippen LogP contribution in [0.5, 0.6) is 17.2 Å². The second kappa shape index (κ2) is 11.7. The van der Waals surface area contributed by atoms with Gasteiger partial charge in [0, 0.05) is 43.4 Å². The molecule has 1 saturated carbocycles. The molecule has 13 heteroatoms. The van der Waals surface area contributed by atoms with E-state index in [-0.39, 0.29) is 12.7 Å². The molecule has 5 rings (SSSR count). The van der Waals surface area contributed by atoms with E-state index in [9.17, 15) is 19.5 Å². The summed E-state index contributed by atoms with van der Waals surface area (Å²) >= 11 is 0. The Hall–Kier alpha value is -3.94. The van der Waals surface area contributed by atoms with Gasteiger partial charge in [-0.3, -0.25) is 19.5 Å². The van der Waals surface area contributed by atoms with Crippen molar-refractivity contribution in [2.75, 3.05) is 27.0 Å². The zero-order valence-electron chi connectivity index (χ0n) is 21.9.